The fourth-order valence-electron chi connectivity index (χ4n) is 1.42. The van der Waals surface area contributed by atoms with Gasteiger partial charge in [-0.25, -0.2) is 0 Å². The minimum absolute atomic E-state index is 0.0897. The van der Waals surface area contributed by atoms with Crippen molar-refractivity contribution in [2.75, 3.05) is 12.3 Å². The Morgan fingerprint density at radius 2 is 2.37 bits per heavy atom. The van der Waals surface area contributed by atoms with Gasteiger partial charge in [-0.3, -0.25) is 4.79 Å². The molecule has 2 rings (SSSR count). The van der Waals surface area contributed by atoms with Gasteiger partial charge in [-0.2, -0.15) is 11.8 Å². The van der Waals surface area contributed by atoms with Gasteiger partial charge in [-0.15, -0.1) is 11.3 Å². The Balaban J connectivity index is 1.56. The smallest absolute Gasteiger partial charge is 0.244 e. The normalized spacial score (nSPS) is 10.9. The van der Waals surface area contributed by atoms with Crippen LogP contribution in [0.3, 0.4) is 0 Å². The van der Waals surface area contributed by atoms with Crippen molar-refractivity contribution < 1.29 is 9.21 Å². The van der Waals surface area contributed by atoms with Crippen LogP contribution in [0.1, 0.15) is 10.6 Å². The minimum atomic E-state index is -0.0897. The third-order valence-corrected chi connectivity index (χ3v) is 4.38. The van der Waals surface area contributed by atoms with E-state index in [4.69, 9.17) is 4.42 Å². The van der Waals surface area contributed by atoms with Gasteiger partial charge in [-0.1, -0.05) is 6.07 Å². The van der Waals surface area contributed by atoms with Gasteiger partial charge in [0.1, 0.15) is 5.76 Å². The molecule has 2 aromatic rings. The number of rotatable bonds is 7. The molecular weight excluding hydrogens is 278 g/mol. The topological polar surface area (TPSA) is 42.2 Å². The molecule has 0 aliphatic rings. The number of nitrogens with one attached hydrogen (secondary N) is 1. The van der Waals surface area contributed by atoms with Crippen molar-refractivity contribution in [2.24, 2.45) is 0 Å². The maximum Gasteiger partial charge on any atom is 0.244 e. The van der Waals surface area contributed by atoms with Crippen molar-refractivity contribution in [3.05, 3.63) is 52.6 Å². The summed E-state index contributed by atoms with van der Waals surface area (Å²) in [6.45, 7) is 0.678. The van der Waals surface area contributed by atoms with Crippen LogP contribution in [0.4, 0.5) is 0 Å². The average Bonchev–Trinajstić information content (AvgIpc) is 3.09. The predicted octanol–water partition coefficient (Wildman–Crippen LogP) is 3.40. The van der Waals surface area contributed by atoms with Crippen LogP contribution >= 0.6 is 23.1 Å². The molecule has 0 atom stereocenters. The summed E-state index contributed by atoms with van der Waals surface area (Å²) in [6, 6.07) is 7.78. The van der Waals surface area contributed by atoms with Crippen LogP contribution in [-0.4, -0.2) is 18.2 Å². The summed E-state index contributed by atoms with van der Waals surface area (Å²) < 4.78 is 5.10. The van der Waals surface area contributed by atoms with Crippen molar-refractivity contribution >= 4 is 35.1 Å². The zero-order valence-corrected chi connectivity index (χ0v) is 12.0. The van der Waals surface area contributed by atoms with E-state index in [1.807, 2.05) is 11.8 Å². The molecule has 3 nitrogen and oxygen atoms in total. The molecule has 2 heterocycles. The third kappa shape index (κ3) is 5.36. The van der Waals surface area contributed by atoms with E-state index in [1.54, 1.807) is 35.8 Å². The van der Waals surface area contributed by atoms with Crippen molar-refractivity contribution in [1.29, 1.82) is 0 Å². The van der Waals surface area contributed by atoms with E-state index in [9.17, 15) is 4.79 Å². The number of carbonyl (C=O) groups excluding carboxylic acids is 1. The Hall–Kier alpha value is -1.46. The van der Waals surface area contributed by atoms with Gasteiger partial charge in [0.05, 0.1) is 6.26 Å². The Morgan fingerprint density at radius 1 is 1.42 bits per heavy atom. The molecule has 2 aromatic heterocycles. The monoisotopic (exact) mass is 293 g/mol. The maximum absolute atomic E-state index is 11.5. The fraction of sp³-hybridized carbons (Fsp3) is 0.214. The first-order valence-corrected chi connectivity index (χ1v) is 7.97. The molecule has 0 radical (unpaired) electrons. The van der Waals surface area contributed by atoms with Crippen LogP contribution < -0.4 is 5.32 Å². The second kappa shape index (κ2) is 7.86. The zero-order chi connectivity index (χ0) is 13.3. The molecule has 0 saturated carbocycles. The largest absolute Gasteiger partial charge is 0.465 e. The van der Waals surface area contributed by atoms with Crippen LogP contribution in [0, 0.1) is 0 Å². The summed E-state index contributed by atoms with van der Waals surface area (Å²) >= 11 is 3.59. The van der Waals surface area contributed by atoms with Crippen LogP contribution in [0.2, 0.25) is 0 Å². The molecule has 19 heavy (non-hydrogen) atoms. The van der Waals surface area contributed by atoms with Crippen molar-refractivity contribution in [3.8, 4) is 0 Å². The van der Waals surface area contributed by atoms with Gasteiger partial charge in [0.25, 0.3) is 0 Å². The molecule has 1 N–H and O–H groups in total. The first kappa shape index (κ1) is 14.0. The lowest BCUT2D eigenvalue weighted by Crippen LogP contribution is -2.23. The van der Waals surface area contributed by atoms with E-state index in [1.165, 1.54) is 11.0 Å². The average molecular weight is 293 g/mol. The zero-order valence-electron chi connectivity index (χ0n) is 10.4. The molecule has 1 amide bonds. The number of hydrogen-bond acceptors (Lipinski definition) is 4. The maximum atomic E-state index is 11.5. The highest BCUT2D eigenvalue weighted by Gasteiger charge is 1.97. The molecule has 0 bridgehead atoms. The highest BCUT2D eigenvalue weighted by atomic mass is 32.2. The van der Waals surface area contributed by atoms with Crippen LogP contribution in [-0.2, 0) is 10.5 Å². The predicted molar refractivity (Wildman–Crippen MR) is 81.2 cm³/mol. The number of hydrogen-bond donors (Lipinski definition) is 1. The summed E-state index contributed by atoms with van der Waals surface area (Å²) in [5, 5.41) is 4.92. The van der Waals surface area contributed by atoms with Crippen LogP contribution in [0.15, 0.2) is 46.4 Å². The number of furan rings is 1. The molecule has 0 fully saturated rings. The Labute approximate surface area is 120 Å². The number of amides is 1. The SMILES string of the molecule is O=C(C=Cc1ccco1)NCCSCc1cccs1. The van der Waals surface area contributed by atoms with Gasteiger partial charge in [0.2, 0.25) is 5.91 Å². The molecule has 0 aliphatic heterocycles. The van der Waals surface area contributed by atoms with E-state index in [2.05, 4.69) is 22.8 Å². The molecule has 0 unspecified atom stereocenters. The summed E-state index contributed by atoms with van der Waals surface area (Å²) in [4.78, 5) is 12.9. The highest BCUT2D eigenvalue weighted by Crippen LogP contribution is 2.16. The van der Waals surface area contributed by atoms with E-state index >= 15 is 0 Å². The number of carbonyl (C=O) groups is 1. The molecule has 5 heteroatoms. The first-order valence-electron chi connectivity index (χ1n) is 5.94. The van der Waals surface area contributed by atoms with E-state index in [0.717, 1.165) is 11.5 Å². The Morgan fingerprint density at radius 3 is 3.11 bits per heavy atom. The van der Waals surface area contributed by atoms with Gasteiger partial charge in [0.15, 0.2) is 0 Å². The number of thiophene rings is 1. The summed E-state index contributed by atoms with van der Waals surface area (Å²) in [5.41, 5.74) is 0. The van der Waals surface area contributed by atoms with E-state index in [-0.39, 0.29) is 5.91 Å². The lowest BCUT2D eigenvalue weighted by atomic mass is 10.4. The van der Waals surface area contributed by atoms with Crippen LogP contribution in [0.25, 0.3) is 6.08 Å². The van der Waals surface area contributed by atoms with Gasteiger partial charge >= 0.3 is 0 Å². The lowest BCUT2D eigenvalue weighted by Gasteiger charge is -2.01. The van der Waals surface area contributed by atoms with E-state index in [0.29, 0.717) is 12.3 Å². The third-order valence-electron chi connectivity index (χ3n) is 2.31. The van der Waals surface area contributed by atoms with Crippen molar-refractivity contribution in [3.63, 3.8) is 0 Å². The van der Waals surface area contributed by atoms with E-state index < -0.39 is 0 Å². The molecular formula is C14H15NO2S2. The highest BCUT2D eigenvalue weighted by molar-refractivity contribution is 7.98. The molecule has 0 spiro atoms. The lowest BCUT2D eigenvalue weighted by molar-refractivity contribution is -0.116. The minimum Gasteiger partial charge on any atom is -0.465 e. The second-order valence-electron chi connectivity index (χ2n) is 3.77. The second-order valence-corrected chi connectivity index (χ2v) is 5.91. The summed E-state index contributed by atoms with van der Waals surface area (Å²) in [5.74, 6) is 2.52. The standard InChI is InChI=1S/C14H15NO2S2/c16-14(6-5-12-3-1-8-17-12)15-7-10-18-11-13-4-2-9-19-13/h1-6,8-9H,7,10-11H2,(H,15,16). The Kier molecular flexibility index (Phi) is 5.78. The Bertz CT molecular complexity index is 504. The summed E-state index contributed by atoms with van der Waals surface area (Å²) in [7, 11) is 0. The van der Waals surface area contributed by atoms with Crippen LogP contribution in [0.5, 0.6) is 0 Å². The molecule has 0 aromatic carbocycles. The fourth-order valence-corrected chi connectivity index (χ4v) is 3.12. The van der Waals surface area contributed by atoms with Crippen molar-refractivity contribution in [2.45, 2.75) is 5.75 Å². The quantitative estimate of drug-likeness (QED) is 0.628. The first-order chi connectivity index (χ1) is 9.34. The number of thioether (sulfide) groups is 1. The van der Waals surface area contributed by atoms with Crippen molar-refractivity contribution in [1.82, 2.24) is 5.32 Å². The van der Waals surface area contributed by atoms with Gasteiger partial charge in [0, 0.05) is 29.0 Å². The molecule has 0 aliphatic carbocycles. The summed E-state index contributed by atoms with van der Waals surface area (Å²) in [6.07, 6.45) is 4.73. The van der Waals surface area contributed by atoms with Gasteiger partial charge < -0.3 is 9.73 Å². The van der Waals surface area contributed by atoms with Gasteiger partial charge in [-0.05, 0) is 29.7 Å². The molecule has 0 saturated heterocycles. The molecule has 100 valence electrons.